The molecule has 0 bridgehead atoms. The van der Waals surface area contributed by atoms with Gasteiger partial charge >= 0.3 is 5.88 Å². The summed E-state index contributed by atoms with van der Waals surface area (Å²) in [6.07, 6.45) is 2.24. The third-order valence-corrected chi connectivity index (χ3v) is 3.60. The second-order valence-corrected chi connectivity index (χ2v) is 5.43. The number of benzene rings is 2. The largest absolute Gasteiger partial charge is 0.507 e. The molecule has 27 heavy (non-hydrogen) atoms. The maximum Gasteiger partial charge on any atom is 0.433 e. The molecule has 0 saturated carbocycles. The summed E-state index contributed by atoms with van der Waals surface area (Å²) in [5.41, 5.74) is 4.32. The third kappa shape index (κ3) is 4.10. The highest BCUT2D eigenvalue weighted by Gasteiger charge is 2.13. The Kier molecular flexibility index (Phi) is 4.84. The summed E-state index contributed by atoms with van der Waals surface area (Å²) in [7, 11) is 0. The number of nitro groups is 1. The van der Waals surface area contributed by atoms with Gasteiger partial charge in [0.25, 0.3) is 11.8 Å². The van der Waals surface area contributed by atoms with Crippen LogP contribution in [0.1, 0.15) is 16.1 Å². The maximum absolute atomic E-state index is 12.2. The number of carbonyl (C=O) groups is 2. The Morgan fingerprint density at radius 2 is 1.78 bits per heavy atom. The number of phenolic OH excluding ortho intramolecular Hbond substituents is 1. The lowest BCUT2D eigenvalue weighted by Crippen LogP contribution is -2.40. The molecule has 1 aromatic heterocycles. The van der Waals surface area contributed by atoms with E-state index >= 15 is 0 Å². The van der Waals surface area contributed by atoms with Gasteiger partial charge in [0.2, 0.25) is 0 Å². The smallest absolute Gasteiger partial charge is 0.433 e. The van der Waals surface area contributed by atoms with Crippen LogP contribution in [0.5, 0.6) is 5.75 Å². The van der Waals surface area contributed by atoms with Crippen LogP contribution >= 0.6 is 0 Å². The number of furan rings is 1. The highest BCUT2D eigenvalue weighted by Crippen LogP contribution is 2.24. The van der Waals surface area contributed by atoms with Crippen LogP contribution in [0.4, 0.5) is 5.88 Å². The molecule has 0 atom stereocenters. The van der Waals surface area contributed by atoms with E-state index in [1.165, 1.54) is 24.3 Å². The summed E-state index contributed by atoms with van der Waals surface area (Å²) < 4.78 is 4.86. The summed E-state index contributed by atoms with van der Waals surface area (Å²) in [6, 6.07) is 12.6. The van der Waals surface area contributed by atoms with E-state index in [2.05, 4.69) is 10.9 Å². The van der Waals surface area contributed by atoms with Gasteiger partial charge in [-0.05, 0) is 35.0 Å². The molecule has 0 unspecified atom stereocenters. The van der Waals surface area contributed by atoms with Crippen LogP contribution in [0.3, 0.4) is 0 Å². The average molecular weight is 367 g/mol. The van der Waals surface area contributed by atoms with E-state index in [4.69, 9.17) is 4.42 Å². The summed E-state index contributed by atoms with van der Waals surface area (Å²) in [4.78, 5) is 33.7. The number of rotatable bonds is 4. The Bertz CT molecular complexity index is 1070. The number of fused-ring (bicyclic) bond motifs is 1. The summed E-state index contributed by atoms with van der Waals surface area (Å²) >= 11 is 0. The molecule has 1 heterocycles. The zero-order valence-corrected chi connectivity index (χ0v) is 13.7. The molecule has 2 amide bonds. The minimum Gasteiger partial charge on any atom is -0.507 e. The van der Waals surface area contributed by atoms with Gasteiger partial charge in [0.15, 0.2) is 0 Å². The van der Waals surface area contributed by atoms with E-state index < -0.39 is 22.6 Å². The molecule has 3 N–H and O–H groups in total. The Balaban J connectivity index is 1.63. The van der Waals surface area contributed by atoms with Crippen molar-refractivity contribution in [2.75, 3.05) is 0 Å². The van der Waals surface area contributed by atoms with Gasteiger partial charge in [0.1, 0.15) is 16.4 Å². The predicted octanol–water partition coefficient (Wildman–Crippen LogP) is 2.52. The summed E-state index contributed by atoms with van der Waals surface area (Å²) in [6.45, 7) is 0. The van der Waals surface area contributed by atoms with Gasteiger partial charge in [-0.2, -0.15) is 0 Å². The van der Waals surface area contributed by atoms with Gasteiger partial charge in [0.05, 0.1) is 11.6 Å². The third-order valence-electron chi connectivity index (χ3n) is 3.60. The summed E-state index contributed by atoms with van der Waals surface area (Å²) in [5.74, 6) is -1.96. The van der Waals surface area contributed by atoms with Crippen LogP contribution < -0.4 is 10.9 Å². The van der Waals surface area contributed by atoms with E-state index in [0.29, 0.717) is 0 Å². The first-order chi connectivity index (χ1) is 12.9. The van der Waals surface area contributed by atoms with Crippen molar-refractivity contribution >= 4 is 34.5 Å². The Labute approximate surface area is 152 Å². The van der Waals surface area contributed by atoms with Crippen molar-refractivity contribution in [3.05, 3.63) is 76.0 Å². The molecule has 2 aromatic carbocycles. The van der Waals surface area contributed by atoms with Gasteiger partial charge < -0.3 is 9.52 Å². The molecule has 136 valence electrons. The van der Waals surface area contributed by atoms with Gasteiger partial charge in [-0.1, -0.05) is 24.3 Å². The number of nitrogens with one attached hydrogen (secondary N) is 2. The quantitative estimate of drug-likeness (QED) is 0.368. The van der Waals surface area contributed by atoms with Crippen molar-refractivity contribution in [2.24, 2.45) is 0 Å². The van der Waals surface area contributed by atoms with Gasteiger partial charge in [0, 0.05) is 6.08 Å². The van der Waals surface area contributed by atoms with E-state index in [9.17, 15) is 24.8 Å². The Morgan fingerprint density at radius 3 is 2.44 bits per heavy atom. The van der Waals surface area contributed by atoms with Crippen molar-refractivity contribution in [1.82, 2.24) is 10.9 Å². The fourth-order valence-electron chi connectivity index (χ4n) is 2.33. The molecular formula is C18H13N3O6. The molecule has 9 nitrogen and oxygen atoms in total. The standard InChI is InChI=1S/C18H13N3O6/c22-15-10-12-4-2-1-3-11(12)9-14(15)18(24)20-19-16(23)7-5-13-6-8-17(27-13)21(25)26/h1-10,22H,(H,19,23)(H,20,24)/b7-5+. The highest BCUT2D eigenvalue weighted by molar-refractivity contribution is 6.02. The van der Waals surface area contributed by atoms with Crippen molar-refractivity contribution in [3.63, 3.8) is 0 Å². The number of carbonyl (C=O) groups excluding carboxylic acids is 2. The van der Waals surface area contributed by atoms with Crippen LogP contribution in [0.2, 0.25) is 0 Å². The molecular weight excluding hydrogens is 354 g/mol. The first-order valence-electron chi connectivity index (χ1n) is 7.68. The molecule has 9 heteroatoms. The second-order valence-electron chi connectivity index (χ2n) is 5.43. The zero-order valence-electron chi connectivity index (χ0n) is 13.7. The van der Waals surface area contributed by atoms with Crippen molar-refractivity contribution in [1.29, 1.82) is 0 Å². The topological polar surface area (TPSA) is 135 Å². The Hall–Kier alpha value is -4.14. The molecule has 0 radical (unpaired) electrons. The molecule has 0 aliphatic carbocycles. The number of hydrazine groups is 1. The first kappa shape index (κ1) is 17.7. The van der Waals surface area contributed by atoms with Crippen molar-refractivity contribution in [2.45, 2.75) is 0 Å². The summed E-state index contributed by atoms with van der Waals surface area (Å²) in [5, 5.41) is 22.0. The predicted molar refractivity (Wildman–Crippen MR) is 95.6 cm³/mol. The van der Waals surface area contributed by atoms with Gasteiger partial charge in [-0.15, -0.1) is 0 Å². The lowest BCUT2D eigenvalue weighted by atomic mass is 10.1. The number of phenols is 1. The van der Waals surface area contributed by atoms with Crippen LogP contribution in [-0.4, -0.2) is 21.8 Å². The number of nitrogens with zero attached hydrogens (tertiary/aromatic N) is 1. The molecule has 0 aliphatic rings. The molecule has 0 saturated heterocycles. The number of aromatic hydroxyl groups is 1. The van der Waals surface area contributed by atoms with Crippen LogP contribution in [0.15, 0.2) is 59.0 Å². The van der Waals surface area contributed by atoms with E-state index in [1.54, 1.807) is 18.2 Å². The lowest BCUT2D eigenvalue weighted by molar-refractivity contribution is -0.402. The van der Waals surface area contributed by atoms with E-state index in [-0.39, 0.29) is 17.1 Å². The molecule has 0 aliphatic heterocycles. The number of hydrogen-bond acceptors (Lipinski definition) is 6. The SMILES string of the molecule is O=C(/C=C/c1ccc([N+](=O)[O-])o1)NNC(=O)c1cc2ccccc2cc1O. The molecule has 3 rings (SSSR count). The van der Waals surface area contributed by atoms with Crippen LogP contribution in [0.25, 0.3) is 16.8 Å². The first-order valence-corrected chi connectivity index (χ1v) is 7.68. The molecule has 0 fully saturated rings. The van der Waals surface area contributed by atoms with Crippen LogP contribution in [0, 0.1) is 10.1 Å². The zero-order chi connectivity index (χ0) is 19.4. The fourth-order valence-corrected chi connectivity index (χ4v) is 2.33. The second kappa shape index (κ2) is 7.40. The minimum absolute atomic E-state index is 0.000334. The van der Waals surface area contributed by atoms with E-state index in [1.807, 2.05) is 6.07 Å². The van der Waals surface area contributed by atoms with Crippen molar-refractivity contribution in [3.8, 4) is 5.75 Å². The number of hydrogen-bond donors (Lipinski definition) is 3. The minimum atomic E-state index is -0.701. The monoisotopic (exact) mass is 367 g/mol. The average Bonchev–Trinajstić information content (AvgIpc) is 3.13. The maximum atomic E-state index is 12.2. The van der Waals surface area contributed by atoms with Gasteiger partial charge in [-0.25, -0.2) is 0 Å². The number of amides is 2. The van der Waals surface area contributed by atoms with Crippen LogP contribution in [-0.2, 0) is 4.79 Å². The lowest BCUT2D eigenvalue weighted by Gasteiger charge is -2.08. The fraction of sp³-hybridized carbons (Fsp3) is 0. The van der Waals surface area contributed by atoms with E-state index in [0.717, 1.165) is 22.9 Å². The van der Waals surface area contributed by atoms with Crippen molar-refractivity contribution < 1.29 is 24.0 Å². The van der Waals surface area contributed by atoms with Gasteiger partial charge in [-0.3, -0.25) is 30.6 Å². The highest BCUT2D eigenvalue weighted by atomic mass is 16.6. The molecule has 3 aromatic rings. The Morgan fingerprint density at radius 1 is 1.07 bits per heavy atom. The molecule has 0 spiro atoms. The normalized spacial score (nSPS) is 10.8.